The quantitative estimate of drug-likeness (QED) is 0.671. The predicted octanol–water partition coefficient (Wildman–Crippen LogP) is 3.10. The Labute approximate surface area is 162 Å². The molecule has 4 rings (SSSR count). The summed E-state index contributed by atoms with van der Waals surface area (Å²) in [6.07, 6.45) is 4.11. The van der Waals surface area contributed by atoms with Crippen LogP contribution in [0.2, 0.25) is 0 Å². The number of imide groups is 1. The van der Waals surface area contributed by atoms with E-state index in [1.54, 1.807) is 25.6 Å². The minimum absolute atomic E-state index is 0.0296. The van der Waals surface area contributed by atoms with Gasteiger partial charge in [0.1, 0.15) is 12.3 Å². The Morgan fingerprint density at radius 3 is 2.68 bits per heavy atom. The minimum Gasteiger partial charge on any atom is -0.496 e. The van der Waals surface area contributed by atoms with Gasteiger partial charge in [-0.3, -0.25) is 19.7 Å². The zero-order valence-electron chi connectivity index (χ0n) is 15.5. The molecule has 0 spiro atoms. The van der Waals surface area contributed by atoms with Crippen molar-refractivity contribution in [2.24, 2.45) is 0 Å². The molecule has 2 aromatic carbocycles. The molecule has 0 saturated carbocycles. The molecule has 0 aliphatic carbocycles. The van der Waals surface area contributed by atoms with Gasteiger partial charge in [-0.25, -0.2) is 4.79 Å². The van der Waals surface area contributed by atoms with Crippen molar-refractivity contribution in [2.75, 3.05) is 25.1 Å². The largest absolute Gasteiger partial charge is 0.496 e. The molecule has 3 aromatic rings. The van der Waals surface area contributed by atoms with Gasteiger partial charge >= 0.3 is 6.03 Å². The summed E-state index contributed by atoms with van der Waals surface area (Å²) >= 11 is 0. The van der Waals surface area contributed by atoms with E-state index in [2.05, 4.69) is 10.2 Å². The lowest BCUT2D eigenvalue weighted by atomic mass is 10.1. The zero-order valence-corrected chi connectivity index (χ0v) is 15.5. The summed E-state index contributed by atoms with van der Waals surface area (Å²) in [5.74, 6) is 0.417. The van der Waals surface area contributed by atoms with Crippen molar-refractivity contribution in [3.8, 4) is 16.9 Å². The fourth-order valence-electron chi connectivity index (χ4n) is 3.33. The standard InChI is InChI=1S/C21H20N4O3/c1-28-19-11-17(7-8-18(19)16-12-22-23-13-16)25-14-20(26)24(21(25)27)10-9-15-5-3-2-4-6-15/h2-8,11-13H,9-10,14H2,1H3,(H,22,23). The van der Waals surface area contributed by atoms with E-state index in [1.165, 1.54) is 9.80 Å². The molecule has 0 bridgehead atoms. The second-order valence-corrected chi connectivity index (χ2v) is 6.52. The van der Waals surface area contributed by atoms with Gasteiger partial charge in [0.05, 0.1) is 13.3 Å². The van der Waals surface area contributed by atoms with Crippen LogP contribution in [0.25, 0.3) is 11.1 Å². The second kappa shape index (κ2) is 7.56. The predicted molar refractivity (Wildman–Crippen MR) is 105 cm³/mol. The van der Waals surface area contributed by atoms with Gasteiger partial charge in [0.15, 0.2) is 0 Å². The first-order chi connectivity index (χ1) is 13.7. The van der Waals surface area contributed by atoms with Gasteiger partial charge in [-0.15, -0.1) is 0 Å². The van der Waals surface area contributed by atoms with Crippen molar-refractivity contribution in [3.05, 3.63) is 66.5 Å². The highest BCUT2D eigenvalue weighted by Gasteiger charge is 2.36. The first-order valence-electron chi connectivity index (χ1n) is 9.00. The van der Waals surface area contributed by atoms with E-state index in [-0.39, 0.29) is 18.5 Å². The number of rotatable bonds is 6. The van der Waals surface area contributed by atoms with Crippen molar-refractivity contribution in [1.29, 1.82) is 0 Å². The number of anilines is 1. The number of ether oxygens (including phenoxy) is 1. The van der Waals surface area contributed by atoms with E-state index in [4.69, 9.17) is 4.74 Å². The molecule has 1 saturated heterocycles. The van der Waals surface area contributed by atoms with Gasteiger partial charge in [-0.05, 0) is 24.1 Å². The van der Waals surface area contributed by atoms with Crippen LogP contribution >= 0.6 is 0 Å². The third kappa shape index (κ3) is 3.34. The number of H-pyrrole nitrogens is 1. The lowest BCUT2D eigenvalue weighted by Crippen LogP contribution is -2.34. The average molecular weight is 376 g/mol. The SMILES string of the molecule is COc1cc(N2CC(=O)N(CCc3ccccc3)C2=O)ccc1-c1cn[nH]c1. The first-order valence-corrected chi connectivity index (χ1v) is 9.00. The summed E-state index contributed by atoms with van der Waals surface area (Å²) < 4.78 is 5.49. The maximum Gasteiger partial charge on any atom is 0.331 e. The monoisotopic (exact) mass is 376 g/mol. The number of methoxy groups -OCH3 is 1. The van der Waals surface area contributed by atoms with E-state index in [1.807, 2.05) is 42.5 Å². The highest BCUT2D eigenvalue weighted by Crippen LogP contribution is 2.34. The van der Waals surface area contributed by atoms with Crippen LogP contribution in [0.3, 0.4) is 0 Å². The van der Waals surface area contributed by atoms with Crippen LogP contribution in [0.4, 0.5) is 10.5 Å². The Morgan fingerprint density at radius 1 is 1.14 bits per heavy atom. The van der Waals surface area contributed by atoms with Gasteiger partial charge in [-0.1, -0.05) is 30.3 Å². The molecule has 3 amide bonds. The fourth-order valence-corrected chi connectivity index (χ4v) is 3.33. The molecule has 7 nitrogen and oxygen atoms in total. The van der Waals surface area contributed by atoms with Gasteiger partial charge in [-0.2, -0.15) is 5.10 Å². The number of urea groups is 1. The first kappa shape index (κ1) is 17.8. The number of nitrogens with one attached hydrogen (secondary N) is 1. The lowest BCUT2D eigenvalue weighted by molar-refractivity contribution is -0.124. The van der Waals surface area contributed by atoms with Crippen LogP contribution in [0.1, 0.15) is 5.56 Å². The number of carbonyl (C=O) groups is 2. The molecule has 0 radical (unpaired) electrons. The smallest absolute Gasteiger partial charge is 0.331 e. The van der Waals surface area contributed by atoms with Crippen LogP contribution in [0, 0.1) is 0 Å². The Hall–Kier alpha value is -3.61. The van der Waals surface area contributed by atoms with Crippen LogP contribution in [0.15, 0.2) is 60.9 Å². The van der Waals surface area contributed by atoms with Crippen LogP contribution in [-0.4, -0.2) is 47.2 Å². The third-order valence-corrected chi connectivity index (χ3v) is 4.83. The second-order valence-electron chi connectivity index (χ2n) is 6.52. The summed E-state index contributed by atoms with van der Waals surface area (Å²) in [5.41, 5.74) is 3.47. The highest BCUT2D eigenvalue weighted by atomic mass is 16.5. The van der Waals surface area contributed by atoms with E-state index in [9.17, 15) is 9.59 Å². The van der Waals surface area contributed by atoms with Crippen molar-refractivity contribution in [2.45, 2.75) is 6.42 Å². The Balaban J connectivity index is 1.53. The number of aromatic nitrogens is 2. The summed E-state index contributed by atoms with van der Waals surface area (Å²) in [6, 6.07) is 15.0. The van der Waals surface area contributed by atoms with Crippen LogP contribution < -0.4 is 9.64 Å². The van der Waals surface area contributed by atoms with E-state index < -0.39 is 0 Å². The Kier molecular flexibility index (Phi) is 4.80. The molecule has 0 atom stereocenters. The van der Waals surface area contributed by atoms with Gasteiger partial charge in [0, 0.05) is 35.6 Å². The van der Waals surface area contributed by atoms with E-state index >= 15 is 0 Å². The minimum atomic E-state index is -0.306. The Morgan fingerprint density at radius 2 is 1.96 bits per heavy atom. The number of amides is 3. The van der Waals surface area contributed by atoms with Crippen molar-refractivity contribution in [3.63, 3.8) is 0 Å². The maximum absolute atomic E-state index is 12.8. The number of carbonyl (C=O) groups excluding carboxylic acids is 2. The molecule has 1 aromatic heterocycles. The van der Waals surface area contributed by atoms with Crippen molar-refractivity contribution < 1.29 is 14.3 Å². The molecule has 7 heteroatoms. The molecule has 28 heavy (non-hydrogen) atoms. The molecular weight excluding hydrogens is 356 g/mol. The molecule has 2 heterocycles. The van der Waals surface area contributed by atoms with Crippen LogP contribution in [-0.2, 0) is 11.2 Å². The van der Waals surface area contributed by atoms with Crippen molar-refractivity contribution >= 4 is 17.6 Å². The van der Waals surface area contributed by atoms with Gasteiger partial charge in [0.2, 0.25) is 0 Å². The molecule has 142 valence electrons. The average Bonchev–Trinajstić information content (AvgIpc) is 3.35. The van der Waals surface area contributed by atoms with Gasteiger partial charge in [0.25, 0.3) is 5.91 Å². The number of hydrogen-bond donors (Lipinski definition) is 1. The highest BCUT2D eigenvalue weighted by molar-refractivity contribution is 6.12. The van der Waals surface area contributed by atoms with Crippen molar-refractivity contribution in [1.82, 2.24) is 15.1 Å². The molecule has 1 aliphatic heterocycles. The number of benzene rings is 2. The summed E-state index contributed by atoms with van der Waals surface area (Å²) in [5, 5.41) is 6.73. The zero-order chi connectivity index (χ0) is 19.5. The number of hydrogen-bond acceptors (Lipinski definition) is 4. The van der Waals surface area contributed by atoms with Gasteiger partial charge < -0.3 is 4.74 Å². The molecule has 1 fully saturated rings. The molecular formula is C21H20N4O3. The third-order valence-electron chi connectivity index (χ3n) is 4.83. The number of aromatic amines is 1. The maximum atomic E-state index is 12.8. The fraction of sp³-hybridized carbons (Fsp3) is 0.190. The normalized spacial score (nSPS) is 14.0. The topological polar surface area (TPSA) is 78.5 Å². The summed E-state index contributed by atoms with van der Waals surface area (Å²) in [4.78, 5) is 28.0. The molecule has 0 unspecified atom stereocenters. The number of nitrogens with zero attached hydrogens (tertiary/aromatic N) is 3. The molecule has 1 N–H and O–H groups in total. The van der Waals surface area contributed by atoms with E-state index in [0.29, 0.717) is 24.4 Å². The lowest BCUT2D eigenvalue weighted by Gasteiger charge is -2.18. The summed E-state index contributed by atoms with van der Waals surface area (Å²) in [6.45, 7) is 0.393. The van der Waals surface area contributed by atoms with Crippen LogP contribution in [0.5, 0.6) is 5.75 Å². The summed E-state index contributed by atoms with van der Waals surface area (Å²) in [7, 11) is 1.58. The van der Waals surface area contributed by atoms with E-state index in [0.717, 1.165) is 16.7 Å². The Bertz CT molecular complexity index is 986. The molecule has 1 aliphatic rings.